The third kappa shape index (κ3) is 4.79. The number of carbonyl (C=O) groups excluding carboxylic acids is 1. The lowest BCUT2D eigenvalue weighted by molar-refractivity contribution is -0.116. The van der Waals surface area contributed by atoms with Crippen molar-refractivity contribution in [3.8, 4) is 22.9 Å². The van der Waals surface area contributed by atoms with Gasteiger partial charge in [0.05, 0.1) is 14.2 Å². The zero-order valence-corrected chi connectivity index (χ0v) is 15.7. The minimum atomic E-state index is -0.324. The average molecular weight is 387 g/mol. The number of rotatable bonds is 7. The maximum absolute atomic E-state index is 13.0. The lowest BCUT2D eigenvalue weighted by Crippen LogP contribution is -2.12. The van der Waals surface area contributed by atoms with Crippen LogP contribution in [0.5, 0.6) is 11.5 Å². The van der Waals surface area contributed by atoms with Crippen molar-refractivity contribution >= 4 is 22.6 Å². The molecule has 8 heteroatoms. The van der Waals surface area contributed by atoms with Gasteiger partial charge in [-0.15, -0.1) is 0 Å². The Morgan fingerprint density at radius 2 is 1.93 bits per heavy atom. The van der Waals surface area contributed by atoms with Gasteiger partial charge in [-0.3, -0.25) is 4.79 Å². The Bertz CT molecular complexity index is 928. The van der Waals surface area contributed by atoms with Gasteiger partial charge in [0.15, 0.2) is 5.82 Å². The summed E-state index contributed by atoms with van der Waals surface area (Å²) in [7, 11) is 3.18. The molecule has 2 aromatic carbocycles. The van der Waals surface area contributed by atoms with Crippen LogP contribution in [0.1, 0.15) is 12.0 Å². The Balaban J connectivity index is 1.61. The molecule has 0 aliphatic rings. The van der Waals surface area contributed by atoms with Gasteiger partial charge >= 0.3 is 0 Å². The van der Waals surface area contributed by atoms with Crippen LogP contribution in [0.15, 0.2) is 42.5 Å². The average Bonchev–Trinajstić information content (AvgIpc) is 3.15. The number of aryl methyl sites for hydroxylation is 1. The number of benzene rings is 2. The number of carbonyl (C=O) groups is 1. The molecule has 1 amide bonds. The smallest absolute Gasteiger partial charge is 0.226 e. The third-order valence-corrected chi connectivity index (χ3v) is 4.51. The van der Waals surface area contributed by atoms with E-state index in [-0.39, 0.29) is 18.1 Å². The maximum atomic E-state index is 13.0. The van der Waals surface area contributed by atoms with Gasteiger partial charge in [-0.25, -0.2) is 4.39 Å². The summed E-state index contributed by atoms with van der Waals surface area (Å²) in [5.74, 6) is 1.36. The quantitative estimate of drug-likeness (QED) is 0.665. The Morgan fingerprint density at radius 1 is 1.15 bits per heavy atom. The SMILES string of the molecule is COc1ccc(OC)c(CCC(=O)Nc2nc(-c3ccc(F)cc3)ns2)c1. The first-order valence-electron chi connectivity index (χ1n) is 8.19. The molecule has 0 aliphatic heterocycles. The second kappa shape index (κ2) is 8.59. The number of amides is 1. The largest absolute Gasteiger partial charge is 0.497 e. The Kier molecular flexibility index (Phi) is 5.97. The number of ether oxygens (including phenoxy) is 2. The van der Waals surface area contributed by atoms with E-state index in [0.717, 1.165) is 17.1 Å². The number of halogens is 1. The summed E-state index contributed by atoms with van der Waals surface area (Å²) >= 11 is 1.08. The van der Waals surface area contributed by atoms with Crippen LogP contribution < -0.4 is 14.8 Å². The van der Waals surface area contributed by atoms with Gasteiger partial charge in [-0.2, -0.15) is 9.36 Å². The van der Waals surface area contributed by atoms with Crippen molar-refractivity contribution in [1.29, 1.82) is 0 Å². The minimum Gasteiger partial charge on any atom is -0.497 e. The summed E-state index contributed by atoms with van der Waals surface area (Å²) in [5, 5.41) is 3.14. The summed E-state index contributed by atoms with van der Waals surface area (Å²) in [4.78, 5) is 16.5. The number of nitrogens with zero attached hydrogens (tertiary/aromatic N) is 2. The van der Waals surface area contributed by atoms with Gasteiger partial charge in [-0.05, 0) is 54.4 Å². The molecule has 6 nitrogen and oxygen atoms in total. The van der Waals surface area contributed by atoms with E-state index in [1.165, 1.54) is 12.1 Å². The molecule has 1 aromatic heterocycles. The van der Waals surface area contributed by atoms with Crippen molar-refractivity contribution in [3.63, 3.8) is 0 Å². The Hall–Kier alpha value is -3.00. The molecule has 0 fully saturated rings. The monoisotopic (exact) mass is 387 g/mol. The molecule has 0 saturated heterocycles. The van der Waals surface area contributed by atoms with Gasteiger partial charge in [0, 0.05) is 23.5 Å². The summed E-state index contributed by atoms with van der Waals surface area (Å²) in [5.41, 5.74) is 1.57. The van der Waals surface area contributed by atoms with Crippen LogP contribution in [0, 0.1) is 5.82 Å². The highest BCUT2D eigenvalue weighted by Gasteiger charge is 2.12. The van der Waals surface area contributed by atoms with Crippen LogP contribution in [-0.4, -0.2) is 29.5 Å². The second-order valence-electron chi connectivity index (χ2n) is 5.66. The number of hydrogen-bond acceptors (Lipinski definition) is 6. The highest BCUT2D eigenvalue weighted by atomic mass is 32.1. The molecule has 140 valence electrons. The van der Waals surface area contributed by atoms with Crippen LogP contribution in [0.3, 0.4) is 0 Å². The number of anilines is 1. The molecule has 0 spiro atoms. The zero-order chi connectivity index (χ0) is 19.2. The van der Waals surface area contributed by atoms with Crippen molar-refractivity contribution in [1.82, 2.24) is 9.36 Å². The van der Waals surface area contributed by atoms with E-state index in [0.29, 0.717) is 34.4 Å². The topological polar surface area (TPSA) is 73.3 Å². The highest BCUT2D eigenvalue weighted by molar-refractivity contribution is 7.10. The predicted molar refractivity (Wildman–Crippen MR) is 102 cm³/mol. The number of methoxy groups -OCH3 is 2. The van der Waals surface area contributed by atoms with Crippen molar-refractivity contribution in [2.45, 2.75) is 12.8 Å². The molecule has 0 atom stereocenters. The molecule has 0 saturated carbocycles. The van der Waals surface area contributed by atoms with Crippen LogP contribution in [0.2, 0.25) is 0 Å². The molecule has 0 bridgehead atoms. The van der Waals surface area contributed by atoms with Crippen molar-refractivity contribution in [2.24, 2.45) is 0 Å². The molecule has 27 heavy (non-hydrogen) atoms. The van der Waals surface area contributed by atoms with Crippen LogP contribution in [-0.2, 0) is 11.2 Å². The van der Waals surface area contributed by atoms with Gasteiger partial charge in [0.25, 0.3) is 0 Å². The van der Waals surface area contributed by atoms with Crippen LogP contribution in [0.25, 0.3) is 11.4 Å². The molecule has 0 radical (unpaired) electrons. The van der Waals surface area contributed by atoms with E-state index in [4.69, 9.17) is 9.47 Å². The minimum absolute atomic E-state index is 0.179. The first-order valence-corrected chi connectivity index (χ1v) is 8.97. The molecular formula is C19H18FN3O3S. The molecule has 1 heterocycles. The van der Waals surface area contributed by atoms with Crippen molar-refractivity contribution in [3.05, 3.63) is 53.8 Å². The lowest BCUT2D eigenvalue weighted by atomic mass is 10.1. The molecular weight excluding hydrogens is 369 g/mol. The molecule has 0 unspecified atom stereocenters. The van der Waals surface area contributed by atoms with E-state index >= 15 is 0 Å². The Morgan fingerprint density at radius 3 is 2.63 bits per heavy atom. The van der Waals surface area contributed by atoms with Gasteiger partial charge in [-0.1, -0.05) is 0 Å². The normalized spacial score (nSPS) is 10.5. The maximum Gasteiger partial charge on any atom is 0.226 e. The van der Waals surface area contributed by atoms with E-state index in [2.05, 4.69) is 14.7 Å². The summed E-state index contributed by atoms with van der Waals surface area (Å²) in [6.45, 7) is 0. The van der Waals surface area contributed by atoms with Gasteiger partial charge in [0.1, 0.15) is 17.3 Å². The molecule has 1 N–H and O–H groups in total. The highest BCUT2D eigenvalue weighted by Crippen LogP contribution is 2.26. The molecule has 3 aromatic rings. The lowest BCUT2D eigenvalue weighted by Gasteiger charge is -2.10. The third-order valence-electron chi connectivity index (χ3n) is 3.88. The second-order valence-corrected chi connectivity index (χ2v) is 6.41. The zero-order valence-electron chi connectivity index (χ0n) is 14.9. The summed E-state index contributed by atoms with van der Waals surface area (Å²) < 4.78 is 27.7. The van der Waals surface area contributed by atoms with Crippen molar-refractivity contribution in [2.75, 3.05) is 19.5 Å². The fourth-order valence-corrected chi connectivity index (χ4v) is 3.10. The first kappa shape index (κ1) is 18.8. The molecule has 3 rings (SSSR count). The standard InChI is InChI=1S/C19H18FN3O3S/c1-25-15-8-9-16(26-2)13(11-15)5-10-17(24)21-19-22-18(23-27-19)12-3-6-14(20)7-4-12/h3-4,6-9,11H,5,10H2,1-2H3,(H,21,22,23,24). The van der Waals surface area contributed by atoms with E-state index in [1.807, 2.05) is 12.1 Å². The van der Waals surface area contributed by atoms with Crippen LogP contribution in [0.4, 0.5) is 9.52 Å². The molecule has 0 aliphatic carbocycles. The van der Waals surface area contributed by atoms with E-state index in [9.17, 15) is 9.18 Å². The fourth-order valence-electron chi connectivity index (χ4n) is 2.50. The van der Waals surface area contributed by atoms with Crippen molar-refractivity contribution < 1.29 is 18.7 Å². The predicted octanol–water partition coefficient (Wildman–Crippen LogP) is 3.93. The van der Waals surface area contributed by atoms with E-state index < -0.39 is 0 Å². The number of aromatic nitrogens is 2. The number of nitrogens with one attached hydrogen (secondary N) is 1. The fraction of sp³-hybridized carbons (Fsp3) is 0.211. The summed E-state index contributed by atoms with van der Waals surface area (Å²) in [6, 6.07) is 11.3. The van der Waals surface area contributed by atoms with E-state index in [1.54, 1.807) is 32.4 Å². The van der Waals surface area contributed by atoms with Crippen LogP contribution >= 0.6 is 11.5 Å². The van der Waals surface area contributed by atoms with Gasteiger partial charge < -0.3 is 14.8 Å². The first-order chi connectivity index (χ1) is 13.1. The van der Waals surface area contributed by atoms with Gasteiger partial charge in [0.2, 0.25) is 11.0 Å². The number of hydrogen-bond donors (Lipinski definition) is 1. The Labute approximate surface area is 160 Å². The summed E-state index contributed by atoms with van der Waals surface area (Å²) in [6.07, 6.45) is 0.755.